The molecule has 1 aliphatic rings. The second-order valence-electron chi connectivity index (χ2n) is 5.50. The summed E-state index contributed by atoms with van der Waals surface area (Å²) in [5.41, 5.74) is 0. The van der Waals surface area contributed by atoms with Crippen molar-refractivity contribution in [2.75, 3.05) is 25.9 Å². The summed E-state index contributed by atoms with van der Waals surface area (Å²) in [5, 5.41) is 7.56. The maximum Gasteiger partial charge on any atom is 0.223 e. The van der Waals surface area contributed by atoms with Crippen LogP contribution in [0.1, 0.15) is 19.3 Å². The zero-order chi connectivity index (χ0) is 16.2. The van der Waals surface area contributed by atoms with Gasteiger partial charge >= 0.3 is 0 Å². The van der Waals surface area contributed by atoms with Crippen LogP contribution in [0, 0.1) is 5.92 Å². The summed E-state index contributed by atoms with van der Waals surface area (Å²) in [6.07, 6.45) is 6.45. The number of nitrogens with one attached hydrogen (secondary N) is 1. The van der Waals surface area contributed by atoms with Crippen molar-refractivity contribution < 1.29 is 13.2 Å². The van der Waals surface area contributed by atoms with Crippen LogP contribution in [0.4, 0.5) is 0 Å². The van der Waals surface area contributed by atoms with Gasteiger partial charge < -0.3 is 5.32 Å². The molecule has 1 saturated heterocycles. The van der Waals surface area contributed by atoms with Crippen molar-refractivity contribution in [3.63, 3.8) is 0 Å². The van der Waals surface area contributed by atoms with Crippen LogP contribution in [0.25, 0.3) is 0 Å². The zero-order valence-electron chi connectivity index (χ0n) is 12.5. The van der Waals surface area contributed by atoms with Gasteiger partial charge in [0.2, 0.25) is 15.9 Å². The molecule has 1 N–H and O–H groups in total. The van der Waals surface area contributed by atoms with Gasteiger partial charge in [-0.3, -0.25) is 9.48 Å². The molecule has 124 valence electrons. The highest BCUT2D eigenvalue weighted by atomic mass is 35.5. The lowest BCUT2D eigenvalue weighted by Gasteiger charge is -2.29. The van der Waals surface area contributed by atoms with E-state index >= 15 is 0 Å². The molecule has 0 saturated carbocycles. The Hall–Kier alpha value is -1.12. The third-order valence-electron chi connectivity index (χ3n) is 3.76. The predicted molar refractivity (Wildman–Crippen MR) is 84.0 cm³/mol. The van der Waals surface area contributed by atoms with E-state index in [0.717, 1.165) is 6.42 Å². The first-order valence-corrected chi connectivity index (χ1v) is 9.49. The highest BCUT2D eigenvalue weighted by molar-refractivity contribution is 7.88. The molecule has 0 aliphatic carbocycles. The van der Waals surface area contributed by atoms with E-state index in [1.165, 1.54) is 10.6 Å². The Labute approximate surface area is 135 Å². The van der Waals surface area contributed by atoms with Gasteiger partial charge in [0.25, 0.3) is 0 Å². The number of nitrogens with zero attached hydrogens (tertiary/aromatic N) is 3. The topological polar surface area (TPSA) is 84.3 Å². The quantitative estimate of drug-likeness (QED) is 0.767. The lowest BCUT2D eigenvalue weighted by atomic mass is 9.97. The van der Waals surface area contributed by atoms with Gasteiger partial charge in [-0.05, 0) is 19.3 Å². The number of halogens is 1. The van der Waals surface area contributed by atoms with Crippen LogP contribution < -0.4 is 5.32 Å². The second kappa shape index (κ2) is 7.43. The molecule has 1 aromatic rings. The fraction of sp³-hybridized carbons (Fsp3) is 0.692. The number of hydrogen-bond acceptors (Lipinski definition) is 4. The summed E-state index contributed by atoms with van der Waals surface area (Å²) in [5.74, 6) is -0.0937. The second-order valence-corrected chi connectivity index (χ2v) is 7.92. The monoisotopic (exact) mass is 348 g/mol. The molecule has 0 spiro atoms. The van der Waals surface area contributed by atoms with Gasteiger partial charge in [-0.15, -0.1) is 0 Å². The number of hydrogen-bond donors (Lipinski definition) is 1. The van der Waals surface area contributed by atoms with Crippen molar-refractivity contribution in [3.05, 3.63) is 17.4 Å². The van der Waals surface area contributed by atoms with Crippen LogP contribution in [-0.2, 0) is 21.4 Å². The molecule has 1 aliphatic heterocycles. The number of carbonyl (C=O) groups excluding carboxylic acids is 1. The fourth-order valence-corrected chi connectivity index (χ4v) is 3.54. The molecule has 1 fully saturated rings. The predicted octanol–water partition coefficient (Wildman–Crippen LogP) is 0.714. The summed E-state index contributed by atoms with van der Waals surface area (Å²) in [4.78, 5) is 12.0. The van der Waals surface area contributed by atoms with Gasteiger partial charge in [-0.2, -0.15) is 5.10 Å². The Morgan fingerprint density at radius 3 is 2.68 bits per heavy atom. The van der Waals surface area contributed by atoms with E-state index in [1.807, 2.05) is 0 Å². The molecule has 0 atom stereocenters. The number of sulfonamides is 1. The van der Waals surface area contributed by atoms with E-state index < -0.39 is 10.0 Å². The molecule has 0 bridgehead atoms. The van der Waals surface area contributed by atoms with E-state index in [-0.39, 0.29) is 11.8 Å². The van der Waals surface area contributed by atoms with E-state index in [2.05, 4.69) is 10.4 Å². The summed E-state index contributed by atoms with van der Waals surface area (Å²) in [7, 11) is -3.14. The van der Waals surface area contributed by atoms with E-state index in [0.29, 0.717) is 44.0 Å². The number of carbonyl (C=O) groups is 1. The average Bonchev–Trinajstić information content (AvgIpc) is 2.88. The maximum absolute atomic E-state index is 12.0. The summed E-state index contributed by atoms with van der Waals surface area (Å²) in [6, 6.07) is 0. The molecule has 0 radical (unpaired) electrons. The number of aryl methyl sites for hydroxylation is 1. The first-order chi connectivity index (χ1) is 10.4. The van der Waals surface area contributed by atoms with Crippen LogP contribution in [0.15, 0.2) is 12.4 Å². The van der Waals surface area contributed by atoms with Crippen LogP contribution in [0.3, 0.4) is 0 Å². The first-order valence-electron chi connectivity index (χ1n) is 7.27. The maximum atomic E-state index is 12.0. The van der Waals surface area contributed by atoms with Gasteiger partial charge in [0.1, 0.15) is 0 Å². The van der Waals surface area contributed by atoms with Gasteiger partial charge in [0.05, 0.1) is 17.5 Å². The molecule has 0 aromatic carbocycles. The summed E-state index contributed by atoms with van der Waals surface area (Å²) in [6.45, 7) is 2.10. The number of aromatic nitrogens is 2. The van der Waals surface area contributed by atoms with Crippen LogP contribution in [0.2, 0.25) is 5.02 Å². The van der Waals surface area contributed by atoms with Gasteiger partial charge in [0, 0.05) is 38.3 Å². The Bertz CT molecular complexity index is 609. The molecule has 2 rings (SSSR count). The molecular formula is C13H21ClN4O3S. The highest BCUT2D eigenvalue weighted by Gasteiger charge is 2.28. The van der Waals surface area contributed by atoms with Crippen LogP contribution in [-0.4, -0.2) is 54.3 Å². The fourth-order valence-electron chi connectivity index (χ4n) is 2.51. The number of amides is 1. The Morgan fingerprint density at radius 1 is 1.45 bits per heavy atom. The van der Waals surface area contributed by atoms with Crippen molar-refractivity contribution in [2.24, 2.45) is 5.92 Å². The van der Waals surface area contributed by atoms with Crippen molar-refractivity contribution in [3.8, 4) is 0 Å². The summed E-state index contributed by atoms with van der Waals surface area (Å²) < 4.78 is 26.0. The van der Waals surface area contributed by atoms with Crippen molar-refractivity contribution >= 4 is 27.5 Å². The molecule has 22 heavy (non-hydrogen) atoms. The van der Waals surface area contributed by atoms with Crippen LogP contribution in [0.5, 0.6) is 0 Å². The van der Waals surface area contributed by atoms with E-state index in [1.54, 1.807) is 17.1 Å². The third-order valence-corrected chi connectivity index (χ3v) is 5.26. The smallest absolute Gasteiger partial charge is 0.223 e. The average molecular weight is 349 g/mol. The molecular weight excluding hydrogens is 328 g/mol. The van der Waals surface area contributed by atoms with E-state index in [9.17, 15) is 13.2 Å². The Kier molecular flexibility index (Phi) is 5.82. The molecule has 2 heterocycles. The molecule has 0 unspecified atom stereocenters. The molecule has 7 nitrogen and oxygen atoms in total. The molecule has 9 heteroatoms. The molecule has 1 amide bonds. The minimum atomic E-state index is -3.14. The lowest BCUT2D eigenvalue weighted by Crippen LogP contribution is -2.42. The highest BCUT2D eigenvalue weighted by Crippen LogP contribution is 2.19. The van der Waals surface area contributed by atoms with Gasteiger partial charge in [-0.25, -0.2) is 12.7 Å². The largest absolute Gasteiger partial charge is 0.356 e. The minimum absolute atomic E-state index is 0.00616. The third kappa shape index (κ3) is 4.96. The number of piperidine rings is 1. The van der Waals surface area contributed by atoms with Crippen molar-refractivity contribution in [1.82, 2.24) is 19.4 Å². The van der Waals surface area contributed by atoms with Gasteiger partial charge in [-0.1, -0.05) is 11.6 Å². The standard InChI is InChI=1S/C13H21ClN4O3S/c1-22(20,21)18-7-3-11(4-8-18)13(19)15-5-2-6-17-10-12(14)9-16-17/h9-11H,2-8H2,1H3,(H,15,19). The van der Waals surface area contributed by atoms with Gasteiger partial charge in [0.15, 0.2) is 0 Å². The van der Waals surface area contributed by atoms with E-state index in [4.69, 9.17) is 11.6 Å². The normalized spacial score (nSPS) is 17.5. The lowest BCUT2D eigenvalue weighted by molar-refractivity contribution is -0.126. The van der Waals surface area contributed by atoms with Crippen molar-refractivity contribution in [1.29, 1.82) is 0 Å². The zero-order valence-corrected chi connectivity index (χ0v) is 14.1. The Morgan fingerprint density at radius 2 is 2.14 bits per heavy atom. The summed E-state index contributed by atoms with van der Waals surface area (Å²) >= 11 is 5.77. The minimum Gasteiger partial charge on any atom is -0.356 e. The van der Waals surface area contributed by atoms with Crippen molar-refractivity contribution in [2.45, 2.75) is 25.8 Å². The first kappa shape index (κ1) is 17.2. The SMILES string of the molecule is CS(=O)(=O)N1CCC(C(=O)NCCCn2cc(Cl)cn2)CC1. The van der Waals surface area contributed by atoms with Crippen LogP contribution >= 0.6 is 11.6 Å². The molecule has 1 aromatic heterocycles. The number of rotatable bonds is 6. The Balaban J connectivity index is 1.66.